The van der Waals surface area contributed by atoms with Gasteiger partial charge >= 0.3 is 0 Å². The summed E-state index contributed by atoms with van der Waals surface area (Å²) < 4.78 is 24.3. The van der Waals surface area contributed by atoms with Crippen molar-refractivity contribution in [3.8, 4) is 11.8 Å². The van der Waals surface area contributed by atoms with Crippen molar-refractivity contribution < 1.29 is 18.7 Å². The Balaban J connectivity index is 1.62. The van der Waals surface area contributed by atoms with Crippen molar-refractivity contribution in [3.63, 3.8) is 0 Å². The van der Waals surface area contributed by atoms with E-state index in [9.17, 15) is 9.18 Å². The summed E-state index contributed by atoms with van der Waals surface area (Å²) in [7, 11) is 1.51. The lowest BCUT2D eigenvalue weighted by Crippen LogP contribution is -2.31. The van der Waals surface area contributed by atoms with Gasteiger partial charge in [0.15, 0.2) is 0 Å². The molecule has 2 aromatic rings. The van der Waals surface area contributed by atoms with Crippen LogP contribution in [0.4, 0.5) is 4.39 Å². The van der Waals surface area contributed by atoms with Crippen LogP contribution in [0, 0.1) is 5.82 Å². The topological polar surface area (TPSA) is 64.6 Å². The summed E-state index contributed by atoms with van der Waals surface area (Å²) in [6.45, 7) is 0.905. The van der Waals surface area contributed by atoms with Crippen molar-refractivity contribution >= 4 is 5.91 Å². The van der Waals surface area contributed by atoms with Gasteiger partial charge in [-0.15, -0.1) is 10.2 Å². The van der Waals surface area contributed by atoms with E-state index < -0.39 is 5.82 Å². The Hall–Kier alpha value is -2.70. The molecule has 1 saturated heterocycles. The first-order valence-corrected chi connectivity index (χ1v) is 7.25. The number of halogens is 1. The van der Waals surface area contributed by atoms with E-state index in [1.165, 1.54) is 19.2 Å². The third-order valence-corrected chi connectivity index (χ3v) is 3.65. The first-order chi connectivity index (χ1) is 11.2. The molecule has 7 heteroatoms. The first-order valence-electron chi connectivity index (χ1n) is 7.25. The van der Waals surface area contributed by atoms with Gasteiger partial charge in [-0.3, -0.25) is 4.79 Å². The minimum atomic E-state index is -0.511. The Labute approximate surface area is 132 Å². The maximum Gasteiger partial charge on any atom is 0.256 e. The lowest BCUT2D eigenvalue weighted by molar-refractivity contribution is 0.0766. The maximum atomic E-state index is 13.7. The number of amides is 1. The molecule has 0 spiro atoms. The number of methoxy groups -OCH3 is 1. The molecular weight excluding hydrogens is 301 g/mol. The highest BCUT2D eigenvalue weighted by Gasteiger charge is 2.29. The van der Waals surface area contributed by atoms with E-state index in [4.69, 9.17) is 9.47 Å². The number of carbonyl (C=O) groups is 1. The van der Waals surface area contributed by atoms with Gasteiger partial charge in [-0.25, -0.2) is 4.39 Å². The number of rotatable bonds is 4. The molecule has 1 atom stereocenters. The van der Waals surface area contributed by atoms with E-state index in [0.29, 0.717) is 31.3 Å². The lowest BCUT2D eigenvalue weighted by atomic mass is 10.2. The Bertz CT molecular complexity index is 693. The third kappa shape index (κ3) is 3.39. The van der Waals surface area contributed by atoms with Crippen molar-refractivity contribution in [1.29, 1.82) is 0 Å². The first kappa shape index (κ1) is 15.2. The number of benzene rings is 1. The van der Waals surface area contributed by atoms with Crippen molar-refractivity contribution in [1.82, 2.24) is 15.1 Å². The molecule has 3 rings (SSSR count). The number of likely N-dealkylation sites (tertiary alicyclic amines) is 1. The van der Waals surface area contributed by atoms with Crippen molar-refractivity contribution in [3.05, 3.63) is 47.8 Å². The highest BCUT2D eigenvalue weighted by molar-refractivity contribution is 5.94. The standard InChI is InChI=1S/C16H16FN3O3/c1-22-14-6-7-15(19-18-14)23-11-8-9-20(10-11)16(21)12-4-2-3-5-13(12)17/h2-7,11H,8-10H2,1H3. The molecule has 120 valence electrons. The molecule has 0 saturated carbocycles. The predicted molar refractivity (Wildman–Crippen MR) is 79.9 cm³/mol. The van der Waals surface area contributed by atoms with E-state index in [2.05, 4.69) is 10.2 Å². The molecule has 23 heavy (non-hydrogen) atoms. The average molecular weight is 317 g/mol. The second-order valence-electron chi connectivity index (χ2n) is 5.17. The molecule has 0 bridgehead atoms. The fraction of sp³-hybridized carbons (Fsp3) is 0.312. The highest BCUT2D eigenvalue weighted by Crippen LogP contribution is 2.20. The van der Waals surface area contributed by atoms with Crippen LogP contribution in [0.3, 0.4) is 0 Å². The number of aromatic nitrogens is 2. The summed E-state index contributed by atoms with van der Waals surface area (Å²) in [5.74, 6) is -0.0611. The minimum absolute atomic E-state index is 0.0809. The van der Waals surface area contributed by atoms with Crippen molar-refractivity contribution in [2.45, 2.75) is 12.5 Å². The zero-order chi connectivity index (χ0) is 16.2. The van der Waals surface area contributed by atoms with Gasteiger partial charge in [0.2, 0.25) is 11.8 Å². The molecule has 2 heterocycles. The van der Waals surface area contributed by atoms with Gasteiger partial charge in [0.05, 0.1) is 19.2 Å². The van der Waals surface area contributed by atoms with Gasteiger partial charge in [-0.05, 0) is 12.1 Å². The van der Waals surface area contributed by atoms with Gasteiger partial charge in [-0.1, -0.05) is 12.1 Å². The Kier molecular flexibility index (Phi) is 4.36. The van der Waals surface area contributed by atoms with Gasteiger partial charge < -0.3 is 14.4 Å². The maximum absolute atomic E-state index is 13.7. The molecule has 6 nitrogen and oxygen atoms in total. The zero-order valence-corrected chi connectivity index (χ0v) is 12.6. The van der Waals surface area contributed by atoms with E-state index in [1.807, 2.05) is 0 Å². The minimum Gasteiger partial charge on any atom is -0.480 e. The largest absolute Gasteiger partial charge is 0.480 e. The zero-order valence-electron chi connectivity index (χ0n) is 12.6. The molecule has 1 aromatic carbocycles. The fourth-order valence-electron chi connectivity index (χ4n) is 2.46. The van der Waals surface area contributed by atoms with Gasteiger partial charge in [0.25, 0.3) is 5.91 Å². The average Bonchev–Trinajstić information content (AvgIpc) is 3.04. The summed E-state index contributed by atoms with van der Waals surface area (Å²) in [6.07, 6.45) is 0.474. The molecule has 1 aliphatic heterocycles. The van der Waals surface area contributed by atoms with Gasteiger partial charge in [0.1, 0.15) is 11.9 Å². The number of ether oxygens (including phenoxy) is 2. The number of hydrogen-bond donors (Lipinski definition) is 0. The summed E-state index contributed by atoms with van der Waals surface area (Å²) in [6, 6.07) is 9.29. The van der Waals surface area contributed by atoms with Gasteiger partial charge in [0, 0.05) is 25.1 Å². The summed E-state index contributed by atoms with van der Waals surface area (Å²) in [5, 5.41) is 7.72. The second kappa shape index (κ2) is 6.60. The second-order valence-corrected chi connectivity index (χ2v) is 5.17. The smallest absolute Gasteiger partial charge is 0.256 e. The van der Waals surface area contributed by atoms with E-state index in [0.717, 1.165) is 0 Å². The SMILES string of the molecule is COc1ccc(OC2CCN(C(=O)c3ccccc3F)C2)nn1. The molecular formula is C16H16FN3O3. The summed E-state index contributed by atoms with van der Waals surface area (Å²) >= 11 is 0. The van der Waals surface area contributed by atoms with Crippen LogP contribution in [0.1, 0.15) is 16.8 Å². The van der Waals surface area contributed by atoms with Crippen LogP contribution in [0.25, 0.3) is 0 Å². The Morgan fingerprint density at radius 1 is 1.22 bits per heavy atom. The highest BCUT2D eigenvalue weighted by atomic mass is 19.1. The molecule has 1 aromatic heterocycles. The van der Waals surface area contributed by atoms with Crippen LogP contribution in [0.5, 0.6) is 11.8 Å². The van der Waals surface area contributed by atoms with E-state index >= 15 is 0 Å². The number of carbonyl (C=O) groups excluding carboxylic acids is 1. The number of nitrogens with zero attached hydrogens (tertiary/aromatic N) is 3. The monoisotopic (exact) mass is 317 g/mol. The van der Waals surface area contributed by atoms with E-state index in [-0.39, 0.29) is 17.6 Å². The van der Waals surface area contributed by atoms with Crippen LogP contribution in [-0.4, -0.2) is 47.3 Å². The van der Waals surface area contributed by atoms with E-state index in [1.54, 1.807) is 29.2 Å². The molecule has 0 aliphatic carbocycles. The lowest BCUT2D eigenvalue weighted by Gasteiger charge is -2.17. The predicted octanol–water partition coefficient (Wildman–Crippen LogP) is 1.92. The molecule has 1 unspecified atom stereocenters. The van der Waals surface area contributed by atoms with Crippen molar-refractivity contribution in [2.75, 3.05) is 20.2 Å². The molecule has 0 N–H and O–H groups in total. The molecule has 1 fully saturated rings. The fourth-order valence-corrected chi connectivity index (χ4v) is 2.46. The summed E-state index contributed by atoms with van der Waals surface area (Å²) in [5.41, 5.74) is 0.0809. The Morgan fingerprint density at radius 3 is 2.65 bits per heavy atom. The quantitative estimate of drug-likeness (QED) is 0.862. The van der Waals surface area contributed by atoms with Crippen molar-refractivity contribution in [2.24, 2.45) is 0 Å². The molecule has 1 amide bonds. The van der Waals surface area contributed by atoms with Crippen LogP contribution >= 0.6 is 0 Å². The number of hydrogen-bond acceptors (Lipinski definition) is 5. The third-order valence-electron chi connectivity index (χ3n) is 3.65. The summed E-state index contributed by atoms with van der Waals surface area (Å²) in [4.78, 5) is 13.9. The van der Waals surface area contributed by atoms with Crippen LogP contribution < -0.4 is 9.47 Å². The van der Waals surface area contributed by atoms with Crippen LogP contribution in [-0.2, 0) is 0 Å². The van der Waals surface area contributed by atoms with Crippen LogP contribution in [0.15, 0.2) is 36.4 Å². The molecule has 1 aliphatic rings. The van der Waals surface area contributed by atoms with Crippen LogP contribution in [0.2, 0.25) is 0 Å². The Morgan fingerprint density at radius 2 is 1.96 bits per heavy atom. The normalized spacial score (nSPS) is 17.1. The van der Waals surface area contributed by atoms with Gasteiger partial charge in [-0.2, -0.15) is 0 Å². The molecule has 0 radical (unpaired) electrons.